The molecule has 0 spiro atoms. The van der Waals surface area contributed by atoms with E-state index in [2.05, 4.69) is 13.8 Å². The summed E-state index contributed by atoms with van der Waals surface area (Å²) in [6.45, 7) is 6.62. The fourth-order valence-electron chi connectivity index (χ4n) is 3.69. The molecule has 29 heavy (non-hydrogen) atoms. The number of likely N-dealkylation sites (tertiary alicyclic amines) is 1. The number of carbonyl (C=O) groups excluding carboxylic acids is 2. The second-order valence-electron chi connectivity index (χ2n) is 7.55. The first kappa shape index (κ1) is 20.6. The monoisotopic (exact) mass is 393 g/mol. The predicted molar refractivity (Wildman–Crippen MR) is 113 cm³/mol. The van der Waals surface area contributed by atoms with Gasteiger partial charge in [0.2, 0.25) is 0 Å². The molecule has 0 aliphatic carbocycles. The molecule has 1 fully saturated rings. The van der Waals surface area contributed by atoms with Crippen LogP contribution in [-0.2, 0) is 9.59 Å². The summed E-state index contributed by atoms with van der Waals surface area (Å²) in [4.78, 5) is 27.2. The van der Waals surface area contributed by atoms with E-state index < -0.39 is 17.7 Å². The number of ether oxygens (including phenoxy) is 1. The maximum absolute atomic E-state index is 12.9. The lowest BCUT2D eigenvalue weighted by molar-refractivity contribution is -0.139. The maximum atomic E-state index is 12.9. The molecule has 0 saturated carbocycles. The molecule has 0 radical (unpaired) electrons. The minimum Gasteiger partial charge on any atom is -0.507 e. The molecule has 1 atom stereocenters. The fourth-order valence-corrected chi connectivity index (χ4v) is 3.69. The Morgan fingerprint density at radius 2 is 1.83 bits per heavy atom. The Hall–Kier alpha value is -3.08. The van der Waals surface area contributed by atoms with Crippen LogP contribution in [0.15, 0.2) is 54.1 Å². The third kappa shape index (κ3) is 3.90. The zero-order valence-electron chi connectivity index (χ0n) is 17.3. The summed E-state index contributed by atoms with van der Waals surface area (Å²) >= 11 is 0. The zero-order chi connectivity index (χ0) is 21.1. The Bertz CT molecular complexity index is 944. The molecule has 2 aromatic carbocycles. The minimum absolute atomic E-state index is 0.119. The number of aliphatic hydroxyl groups is 1. The van der Waals surface area contributed by atoms with Crippen LogP contribution in [0.3, 0.4) is 0 Å². The van der Waals surface area contributed by atoms with E-state index in [9.17, 15) is 14.7 Å². The van der Waals surface area contributed by atoms with Crippen molar-refractivity contribution < 1.29 is 19.4 Å². The van der Waals surface area contributed by atoms with Crippen LogP contribution in [0.25, 0.3) is 5.76 Å². The summed E-state index contributed by atoms with van der Waals surface area (Å²) in [7, 11) is 1.54. The van der Waals surface area contributed by atoms with Crippen LogP contribution < -0.4 is 4.74 Å². The van der Waals surface area contributed by atoms with Crippen LogP contribution >= 0.6 is 0 Å². The highest BCUT2D eigenvalue weighted by Gasteiger charge is 2.45. The average molecular weight is 393 g/mol. The van der Waals surface area contributed by atoms with Gasteiger partial charge in [-0.1, -0.05) is 57.2 Å². The highest BCUT2D eigenvalue weighted by atomic mass is 16.5. The molecule has 5 heteroatoms. The first-order chi connectivity index (χ1) is 13.9. The van der Waals surface area contributed by atoms with Crippen LogP contribution in [0.4, 0.5) is 0 Å². The Kier molecular flexibility index (Phi) is 6.06. The van der Waals surface area contributed by atoms with Gasteiger partial charge in [0.15, 0.2) is 0 Å². The summed E-state index contributed by atoms with van der Waals surface area (Å²) in [6, 6.07) is 14.1. The van der Waals surface area contributed by atoms with Crippen molar-refractivity contribution in [1.82, 2.24) is 4.90 Å². The van der Waals surface area contributed by atoms with Gasteiger partial charge in [0.05, 0.1) is 18.7 Å². The van der Waals surface area contributed by atoms with Gasteiger partial charge in [-0.3, -0.25) is 9.59 Å². The van der Waals surface area contributed by atoms with Crippen molar-refractivity contribution in [3.63, 3.8) is 0 Å². The Morgan fingerprint density at radius 3 is 2.41 bits per heavy atom. The molecule has 1 unspecified atom stereocenters. The molecule has 0 bridgehead atoms. The minimum atomic E-state index is -0.656. The number of amides is 1. The lowest BCUT2D eigenvalue weighted by atomic mass is 9.93. The Balaban J connectivity index is 2.15. The summed E-state index contributed by atoms with van der Waals surface area (Å²) in [6.07, 6.45) is 0.715. The number of ketones is 1. The third-order valence-electron chi connectivity index (χ3n) is 5.27. The number of methoxy groups -OCH3 is 1. The second kappa shape index (κ2) is 8.52. The number of benzene rings is 2. The third-order valence-corrected chi connectivity index (χ3v) is 5.27. The van der Waals surface area contributed by atoms with E-state index in [0.29, 0.717) is 30.2 Å². The molecule has 152 valence electrons. The van der Waals surface area contributed by atoms with Crippen molar-refractivity contribution in [1.29, 1.82) is 0 Å². The van der Waals surface area contributed by atoms with Gasteiger partial charge in [0, 0.05) is 12.1 Å². The molecule has 1 aliphatic rings. The molecule has 1 heterocycles. The van der Waals surface area contributed by atoms with Gasteiger partial charge in [-0.2, -0.15) is 0 Å². The fraction of sp³-hybridized carbons (Fsp3) is 0.333. The van der Waals surface area contributed by atoms with Gasteiger partial charge in [-0.05, 0) is 35.6 Å². The first-order valence-corrected chi connectivity index (χ1v) is 9.91. The molecular weight excluding hydrogens is 366 g/mol. The van der Waals surface area contributed by atoms with E-state index in [1.807, 2.05) is 31.2 Å². The lowest BCUT2D eigenvalue weighted by Crippen LogP contribution is -2.30. The topological polar surface area (TPSA) is 66.8 Å². The summed E-state index contributed by atoms with van der Waals surface area (Å²) < 4.78 is 5.23. The SMILES string of the molecule is CCCN1C(=O)C(=O)/C(=C(\O)c2cccc(OC)c2)C1c1ccc(C(C)C)cc1. The molecule has 0 aromatic heterocycles. The zero-order valence-corrected chi connectivity index (χ0v) is 17.3. The van der Waals surface area contributed by atoms with E-state index in [1.54, 1.807) is 29.2 Å². The highest BCUT2D eigenvalue weighted by Crippen LogP contribution is 2.40. The van der Waals surface area contributed by atoms with Crippen molar-refractivity contribution in [3.8, 4) is 5.75 Å². The van der Waals surface area contributed by atoms with Gasteiger partial charge < -0.3 is 14.7 Å². The molecule has 2 aromatic rings. The van der Waals surface area contributed by atoms with Crippen LogP contribution in [0.5, 0.6) is 5.75 Å². The summed E-state index contributed by atoms with van der Waals surface area (Å²) in [5.74, 6) is -0.470. The van der Waals surface area contributed by atoms with Crippen LogP contribution in [-0.4, -0.2) is 35.4 Å². The normalized spacial score (nSPS) is 18.5. The highest BCUT2D eigenvalue weighted by molar-refractivity contribution is 6.46. The van der Waals surface area contributed by atoms with Crippen LogP contribution in [0, 0.1) is 0 Å². The number of nitrogens with zero attached hydrogens (tertiary/aromatic N) is 1. The van der Waals surface area contributed by atoms with Crippen molar-refractivity contribution in [2.24, 2.45) is 0 Å². The van der Waals surface area contributed by atoms with Gasteiger partial charge in [-0.15, -0.1) is 0 Å². The summed E-state index contributed by atoms with van der Waals surface area (Å²) in [5, 5.41) is 11.0. The van der Waals surface area contributed by atoms with E-state index >= 15 is 0 Å². The largest absolute Gasteiger partial charge is 0.507 e. The lowest BCUT2D eigenvalue weighted by Gasteiger charge is -2.25. The molecule has 1 saturated heterocycles. The molecule has 3 rings (SSSR count). The van der Waals surface area contributed by atoms with Gasteiger partial charge in [0.25, 0.3) is 11.7 Å². The number of Topliss-reactive ketones (excluding diaryl/α,β-unsaturated/α-hetero) is 1. The molecular formula is C24H27NO4. The molecule has 1 N–H and O–H groups in total. The van der Waals surface area contributed by atoms with E-state index in [-0.39, 0.29) is 11.3 Å². The number of hydrogen-bond donors (Lipinski definition) is 1. The van der Waals surface area contributed by atoms with Crippen molar-refractivity contribution in [2.75, 3.05) is 13.7 Å². The van der Waals surface area contributed by atoms with E-state index in [0.717, 1.165) is 5.56 Å². The number of rotatable bonds is 6. The van der Waals surface area contributed by atoms with Crippen LogP contribution in [0.1, 0.15) is 55.8 Å². The van der Waals surface area contributed by atoms with Crippen LogP contribution in [0.2, 0.25) is 0 Å². The van der Waals surface area contributed by atoms with Crippen molar-refractivity contribution in [3.05, 3.63) is 70.8 Å². The van der Waals surface area contributed by atoms with Gasteiger partial charge in [-0.25, -0.2) is 0 Å². The predicted octanol–water partition coefficient (Wildman–Crippen LogP) is 4.65. The van der Waals surface area contributed by atoms with Crippen molar-refractivity contribution in [2.45, 2.75) is 39.2 Å². The molecule has 5 nitrogen and oxygen atoms in total. The number of hydrogen-bond acceptors (Lipinski definition) is 4. The Morgan fingerprint density at radius 1 is 1.14 bits per heavy atom. The summed E-state index contributed by atoms with van der Waals surface area (Å²) in [5.41, 5.74) is 2.55. The quantitative estimate of drug-likeness (QED) is 0.441. The molecule has 1 amide bonds. The van der Waals surface area contributed by atoms with Gasteiger partial charge >= 0.3 is 0 Å². The number of aliphatic hydroxyl groups excluding tert-OH is 1. The molecule has 1 aliphatic heterocycles. The van der Waals surface area contributed by atoms with E-state index in [4.69, 9.17) is 4.74 Å². The smallest absolute Gasteiger partial charge is 0.295 e. The average Bonchev–Trinajstić information content (AvgIpc) is 2.98. The van der Waals surface area contributed by atoms with E-state index in [1.165, 1.54) is 12.7 Å². The maximum Gasteiger partial charge on any atom is 0.295 e. The second-order valence-corrected chi connectivity index (χ2v) is 7.55. The van der Waals surface area contributed by atoms with Gasteiger partial charge in [0.1, 0.15) is 11.5 Å². The number of carbonyl (C=O) groups is 2. The van der Waals surface area contributed by atoms with Crippen molar-refractivity contribution >= 4 is 17.4 Å². The first-order valence-electron chi connectivity index (χ1n) is 9.91. The Labute approximate surface area is 171 Å². The standard InChI is InChI=1S/C24H27NO4/c1-5-13-25-21(17-11-9-16(10-12-17)15(2)3)20(23(27)24(25)28)22(26)18-7-6-8-19(14-18)29-4/h6-12,14-15,21,26H,5,13H2,1-4H3/b22-20-.